The lowest BCUT2D eigenvalue weighted by Crippen LogP contribution is -2.26. The number of non-ortho nitro benzene ring substituents is 1. The van der Waals surface area contributed by atoms with Crippen LogP contribution in [0.4, 0.5) is 5.69 Å². The molecule has 1 aromatic rings. The lowest BCUT2D eigenvalue weighted by atomic mass is 9.79. The van der Waals surface area contributed by atoms with Crippen molar-refractivity contribution >= 4 is 5.69 Å². The molecule has 19 heavy (non-hydrogen) atoms. The van der Waals surface area contributed by atoms with Gasteiger partial charge in [-0.3, -0.25) is 10.1 Å². The molecule has 1 fully saturated rings. The molecule has 1 aliphatic rings. The van der Waals surface area contributed by atoms with Crippen molar-refractivity contribution < 1.29 is 10.0 Å². The molecule has 4 heteroatoms. The highest BCUT2D eigenvalue weighted by Gasteiger charge is 2.24. The highest BCUT2D eigenvalue weighted by Crippen LogP contribution is 2.31. The summed E-state index contributed by atoms with van der Waals surface area (Å²) < 4.78 is 0. The van der Waals surface area contributed by atoms with Crippen molar-refractivity contribution in [3.8, 4) is 0 Å². The molecule has 1 aromatic carbocycles. The van der Waals surface area contributed by atoms with Gasteiger partial charge in [-0.15, -0.1) is 0 Å². The molecule has 0 aromatic heterocycles. The Labute approximate surface area is 113 Å². The summed E-state index contributed by atoms with van der Waals surface area (Å²) in [4.78, 5) is 10.2. The van der Waals surface area contributed by atoms with Gasteiger partial charge in [-0.1, -0.05) is 31.9 Å². The number of hydrogen-bond donors (Lipinski definition) is 1. The second-order valence-electron chi connectivity index (χ2n) is 5.71. The van der Waals surface area contributed by atoms with Crippen LogP contribution >= 0.6 is 0 Å². The summed E-state index contributed by atoms with van der Waals surface area (Å²) in [5.74, 6) is 1.16. The summed E-state index contributed by atoms with van der Waals surface area (Å²) >= 11 is 0. The van der Waals surface area contributed by atoms with E-state index in [4.69, 9.17) is 0 Å². The van der Waals surface area contributed by atoms with Crippen LogP contribution in [-0.2, 0) is 6.42 Å². The van der Waals surface area contributed by atoms with Gasteiger partial charge in [0.15, 0.2) is 0 Å². The van der Waals surface area contributed by atoms with Crippen LogP contribution in [0.25, 0.3) is 0 Å². The van der Waals surface area contributed by atoms with Gasteiger partial charge in [0.1, 0.15) is 0 Å². The molecule has 1 unspecified atom stereocenters. The molecule has 0 spiro atoms. The third-order valence-electron chi connectivity index (χ3n) is 4.20. The fourth-order valence-corrected chi connectivity index (χ4v) is 2.83. The fourth-order valence-electron chi connectivity index (χ4n) is 2.83. The van der Waals surface area contributed by atoms with E-state index in [9.17, 15) is 15.2 Å². The average Bonchev–Trinajstić information content (AvgIpc) is 2.40. The number of nitrogens with zero attached hydrogens (tertiary/aromatic N) is 1. The standard InChI is InChI=1S/C15H21NO3/c1-11-2-6-13(7-3-11)15(17)10-12-4-8-14(9-5-12)16(18)19/h4-5,8-9,11,13,15,17H,2-3,6-7,10H2,1H3. The van der Waals surface area contributed by atoms with Gasteiger partial charge in [0.2, 0.25) is 0 Å². The summed E-state index contributed by atoms with van der Waals surface area (Å²) in [6, 6.07) is 6.50. The van der Waals surface area contributed by atoms with Crippen molar-refractivity contribution in [2.75, 3.05) is 0 Å². The summed E-state index contributed by atoms with van der Waals surface area (Å²) in [5.41, 5.74) is 1.07. The van der Waals surface area contributed by atoms with Gasteiger partial charge >= 0.3 is 0 Å². The van der Waals surface area contributed by atoms with Crippen LogP contribution in [0, 0.1) is 22.0 Å². The maximum Gasteiger partial charge on any atom is 0.269 e. The summed E-state index contributed by atoms with van der Waals surface area (Å²) in [5, 5.41) is 20.8. The van der Waals surface area contributed by atoms with Gasteiger partial charge in [-0.05, 0) is 36.7 Å². The predicted octanol–water partition coefficient (Wildman–Crippen LogP) is 3.32. The van der Waals surface area contributed by atoms with E-state index in [-0.39, 0.29) is 11.8 Å². The number of nitro benzene ring substituents is 1. The average molecular weight is 263 g/mol. The first-order valence-electron chi connectivity index (χ1n) is 6.97. The Morgan fingerprint density at radius 1 is 1.26 bits per heavy atom. The van der Waals surface area contributed by atoms with Crippen LogP contribution in [0.2, 0.25) is 0 Å². The van der Waals surface area contributed by atoms with E-state index in [1.807, 2.05) is 0 Å². The highest BCUT2D eigenvalue weighted by molar-refractivity contribution is 5.33. The molecule has 0 bridgehead atoms. The second kappa shape index (κ2) is 6.15. The van der Waals surface area contributed by atoms with Crippen LogP contribution in [0.3, 0.4) is 0 Å². The molecular weight excluding hydrogens is 242 g/mol. The van der Waals surface area contributed by atoms with Gasteiger partial charge in [0.25, 0.3) is 5.69 Å². The van der Waals surface area contributed by atoms with Gasteiger partial charge < -0.3 is 5.11 Å². The first-order valence-corrected chi connectivity index (χ1v) is 6.97. The van der Waals surface area contributed by atoms with E-state index < -0.39 is 4.92 Å². The molecule has 0 saturated heterocycles. The number of aliphatic hydroxyl groups is 1. The Morgan fingerprint density at radius 2 is 1.84 bits per heavy atom. The van der Waals surface area contributed by atoms with Crippen molar-refractivity contribution in [2.24, 2.45) is 11.8 Å². The lowest BCUT2D eigenvalue weighted by molar-refractivity contribution is -0.384. The minimum Gasteiger partial charge on any atom is -0.392 e. The lowest BCUT2D eigenvalue weighted by Gasteiger charge is -2.29. The van der Waals surface area contributed by atoms with Gasteiger partial charge in [-0.2, -0.15) is 0 Å². The minimum absolute atomic E-state index is 0.102. The first kappa shape index (κ1) is 14.0. The summed E-state index contributed by atoms with van der Waals surface area (Å²) in [7, 11) is 0. The zero-order valence-corrected chi connectivity index (χ0v) is 11.3. The van der Waals surface area contributed by atoms with E-state index in [1.165, 1.54) is 25.0 Å². The quantitative estimate of drug-likeness (QED) is 0.669. The first-order chi connectivity index (χ1) is 9.06. The number of hydrogen-bond acceptors (Lipinski definition) is 3. The molecule has 0 amide bonds. The predicted molar refractivity (Wildman–Crippen MR) is 73.9 cm³/mol. The third kappa shape index (κ3) is 3.77. The van der Waals surface area contributed by atoms with Gasteiger partial charge in [-0.25, -0.2) is 0 Å². The zero-order chi connectivity index (χ0) is 13.8. The minimum atomic E-state index is -0.400. The van der Waals surface area contributed by atoms with Crippen LogP contribution in [0.1, 0.15) is 38.2 Å². The Kier molecular flexibility index (Phi) is 4.53. The molecule has 104 valence electrons. The molecular formula is C15H21NO3. The van der Waals surface area contributed by atoms with Crippen LogP contribution in [0.5, 0.6) is 0 Å². The molecule has 1 aliphatic carbocycles. The van der Waals surface area contributed by atoms with Crippen molar-refractivity contribution in [1.29, 1.82) is 0 Å². The van der Waals surface area contributed by atoms with Gasteiger partial charge in [0, 0.05) is 12.1 Å². The normalized spacial score (nSPS) is 24.9. The third-order valence-corrected chi connectivity index (χ3v) is 4.20. The number of benzene rings is 1. The van der Waals surface area contributed by atoms with Gasteiger partial charge in [0.05, 0.1) is 11.0 Å². The van der Waals surface area contributed by atoms with E-state index in [2.05, 4.69) is 6.92 Å². The molecule has 1 N–H and O–H groups in total. The second-order valence-corrected chi connectivity index (χ2v) is 5.71. The number of rotatable bonds is 4. The molecule has 1 saturated carbocycles. The number of aliphatic hydroxyl groups excluding tert-OH is 1. The van der Waals surface area contributed by atoms with Crippen molar-refractivity contribution in [2.45, 2.75) is 45.1 Å². The molecule has 1 atom stereocenters. The Bertz CT molecular complexity index is 422. The van der Waals surface area contributed by atoms with Crippen LogP contribution in [0.15, 0.2) is 24.3 Å². The topological polar surface area (TPSA) is 63.4 Å². The summed E-state index contributed by atoms with van der Waals surface area (Å²) in [6.07, 6.45) is 4.85. The Morgan fingerprint density at radius 3 is 2.37 bits per heavy atom. The molecule has 0 heterocycles. The SMILES string of the molecule is CC1CCC(C(O)Cc2ccc([N+](=O)[O-])cc2)CC1. The van der Waals surface area contributed by atoms with E-state index in [0.717, 1.165) is 24.3 Å². The Balaban J connectivity index is 1.91. The largest absolute Gasteiger partial charge is 0.392 e. The smallest absolute Gasteiger partial charge is 0.269 e. The van der Waals surface area contributed by atoms with Crippen LogP contribution in [-0.4, -0.2) is 16.1 Å². The number of nitro groups is 1. The maximum absolute atomic E-state index is 10.6. The van der Waals surface area contributed by atoms with Crippen molar-refractivity contribution in [3.05, 3.63) is 39.9 Å². The van der Waals surface area contributed by atoms with E-state index in [0.29, 0.717) is 12.3 Å². The monoisotopic (exact) mass is 263 g/mol. The van der Waals surface area contributed by atoms with E-state index in [1.54, 1.807) is 12.1 Å². The molecule has 4 nitrogen and oxygen atoms in total. The van der Waals surface area contributed by atoms with Crippen LogP contribution < -0.4 is 0 Å². The fraction of sp³-hybridized carbons (Fsp3) is 0.600. The summed E-state index contributed by atoms with van der Waals surface area (Å²) in [6.45, 7) is 2.26. The zero-order valence-electron chi connectivity index (χ0n) is 11.3. The van der Waals surface area contributed by atoms with Crippen molar-refractivity contribution in [3.63, 3.8) is 0 Å². The molecule has 0 aliphatic heterocycles. The molecule has 0 radical (unpaired) electrons. The van der Waals surface area contributed by atoms with Crippen molar-refractivity contribution in [1.82, 2.24) is 0 Å². The maximum atomic E-state index is 10.6. The Hall–Kier alpha value is -1.42. The van der Waals surface area contributed by atoms with E-state index >= 15 is 0 Å². The highest BCUT2D eigenvalue weighted by atomic mass is 16.6. The molecule has 2 rings (SSSR count).